The predicted octanol–water partition coefficient (Wildman–Crippen LogP) is 5.82. The maximum absolute atomic E-state index is 15.1. The van der Waals surface area contributed by atoms with Crippen molar-refractivity contribution in [2.45, 2.75) is 30.4 Å². The van der Waals surface area contributed by atoms with Crippen LogP contribution >= 0.6 is 0 Å². The van der Waals surface area contributed by atoms with Crippen molar-refractivity contribution >= 4 is 16.8 Å². The van der Waals surface area contributed by atoms with E-state index in [0.29, 0.717) is 29.3 Å². The fraction of sp³-hybridized carbons (Fsp3) is 0.231. The van der Waals surface area contributed by atoms with Gasteiger partial charge in [-0.15, -0.1) is 0 Å². The second kappa shape index (κ2) is 7.05. The molecule has 0 bridgehead atoms. The van der Waals surface area contributed by atoms with Gasteiger partial charge in [-0.2, -0.15) is 13.2 Å². The molecular weight excluding hydrogens is 413 g/mol. The highest BCUT2D eigenvalue weighted by Gasteiger charge is 2.73. The van der Waals surface area contributed by atoms with E-state index in [1.807, 2.05) is 0 Å². The highest BCUT2D eigenvalue weighted by Crippen LogP contribution is 2.71. The van der Waals surface area contributed by atoms with Gasteiger partial charge in [0.25, 0.3) is 0 Å². The molecule has 1 amide bonds. The smallest absolute Gasteiger partial charge is 0.366 e. The molecule has 3 aromatic rings. The first kappa shape index (κ1) is 20.5. The number of rotatable bonds is 4. The van der Waals surface area contributed by atoms with Crippen molar-refractivity contribution in [2.24, 2.45) is 11.1 Å². The van der Waals surface area contributed by atoms with Gasteiger partial charge >= 0.3 is 6.18 Å². The Morgan fingerprint density at radius 2 is 1.69 bits per heavy atom. The molecule has 0 spiro atoms. The molecule has 2 N–H and O–H groups in total. The topological polar surface area (TPSA) is 56.0 Å². The minimum absolute atomic E-state index is 0.175. The highest BCUT2D eigenvalue weighted by atomic mass is 19.4. The number of alkyl halides is 3. The summed E-state index contributed by atoms with van der Waals surface area (Å²) in [7, 11) is 0. The fourth-order valence-corrected chi connectivity index (χ4v) is 5.35. The number of allylic oxidation sites excluding steroid dienone is 4. The lowest BCUT2D eigenvalue weighted by Gasteiger charge is -2.46. The number of benzene rings is 2. The van der Waals surface area contributed by atoms with E-state index in [2.05, 4.69) is 4.98 Å². The van der Waals surface area contributed by atoms with Crippen LogP contribution in [0.3, 0.4) is 0 Å². The van der Waals surface area contributed by atoms with Gasteiger partial charge in [-0.05, 0) is 30.5 Å². The maximum Gasteiger partial charge on any atom is 0.399 e. The first-order chi connectivity index (χ1) is 15.3. The second-order valence-corrected chi connectivity index (χ2v) is 8.51. The first-order valence-corrected chi connectivity index (χ1v) is 10.5. The second-order valence-electron chi connectivity index (χ2n) is 8.51. The number of para-hydroxylation sites is 1. The summed E-state index contributed by atoms with van der Waals surface area (Å²) in [5.41, 5.74) is 3.79. The molecule has 5 rings (SSSR count). The van der Waals surface area contributed by atoms with Gasteiger partial charge in [-0.3, -0.25) is 9.78 Å². The minimum Gasteiger partial charge on any atom is -0.366 e. The van der Waals surface area contributed by atoms with Crippen LogP contribution in [0.4, 0.5) is 13.2 Å². The molecule has 3 nitrogen and oxygen atoms in total. The summed E-state index contributed by atoms with van der Waals surface area (Å²) in [6.07, 6.45) is 2.23. The van der Waals surface area contributed by atoms with E-state index in [9.17, 15) is 4.79 Å². The van der Waals surface area contributed by atoms with Gasteiger partial charge in [0.05, 0.1) is 16.8 Å². The Morgan fingerprint density at radius 1 is 1.00 bits per heavy atom. The molecule has 2 aliphatic carbocycles. The van der Waals surface area contributed by atoms with Crippen molar-refractivity contribution in [1.29, 1.82) is 0 Å². The normalized spacial score (nSPS) is 23.9. The van der Waals surface area contributed by atoms with Crippen LogP contribution < -0.4 is 5.73 Å². The van der Waals surface area contributed by atoms with Crippen LogP contribution in [-0.4, -0.2) is 17.1 Å². The van der Waals surface area contributed by atoms with Gasteiger partial charge in [0.15, 0.2) is 0 Å². The van der Waals surface area contributed by atoms with Crippen molar-refractivity contribution < 1.29 is 18.0 Å². The molecule has 32 heavy (non-hydrogen) atoms. The van der Waals surface area contributed by atoms with Gasteiger partial charge in [-0.25, -0.2) is 0 Å². The zero-order valence-corrected chi connectivity index (χ0v) is 17.1. The third-order valence-corrected chi connectivity index (χ3v) is 6.92. The van der Waals surface area contributed by atoms with Crippen LogP contribution in [0.25, 0.3) is 10.9 Å². The molecule has 1 heterocycles. The molecule has 0 radical (unpaired) electrons. The highest BCUT2D eigenvalue weighted by molar-refractivity contribution is 6.05. The van der Waals surface area contributed by atoms with Gasteiger partial charge in [-0.1, -0.05) is 72.8 Å². The number of hydrogen-bond donors (Lipinski definition) is 1. The molecule has 0 aliphatic heterocycles. The van der Waals surface area contributed by atoms with E-state index < -0.39 is 28.8 Å². The number of nitrogens with zero attached hydrogens (tertiary/aromatic N) is 1. The lowest BCUT2D eigenvalue weighted by atomic mass is 9.58. The van der Waals surface area contributed by atoms with Crippen molar-refractivity contribution in [3.63, 3.8) is 0 Å². The number of primary amides is 1. The Hall–Kier alpha value is -3.41. The molecule has 1 fully saturated rings. The third kappa shape index (κ3) is 2.82. The van der Waals surface area contributed by atoms with Crippen LogP contribution in [-0.2, 0) is 5.41 Å². The maximum atomic E-state index is 15.1. The molecule has 0 saturated heterocycles. The van der Waals surface area contributed by atoms with E-state index in [-0.39, 0.29) is 11.3 Å². The average molecular weight is 434 g/mol. The zero-order chi connectivity index (χ0) is 22.6. The third-order valence-electron chi connectivity index (χ3n) is 6.92. The average Bonchev–Trinajstić information content (AvgIpc) is 3.60. The van der Waals surface area contributed by atoms with Crippen molar-refractivity contribution in [2.75, 3.05) is 0 Å². The van der Waals surface area contributed by atoms with Crippen LogP contribution in [0.1, 0.15) is 40.4 Å². The van der Waals surface area contributed by atoms with Crippen molar-refractivity contribution in [1.82, 2.24) is 4.98 Å². The van der Waals surface area contributed by atoms with Crippen LogP contribution in [0.5, 0.6) is 0 Å². The summed E-state index contributed by atoms with van der Waals surface area (Å²) in [6.45, 7) is 0. The van der Waals surface area contributed by atoms with Gasteiger partial charge in [0.1, 0.15) is 5.41 Å². The zero-order valence-electron chi connectivity index (χ0n) is 17.1. The van der Waals surface area contributed by atoms with Crippen LogP contribution in [0, 0.1) is 5.41 Å². The summed E-state index contributed by atoms with van der Waals surface area (Å²) in [5, 5.41) is 0.529. The van der Waals surface area contributed by atoms with Gasteiger partial charge in [0.2, 0.25) is 5.91 Å². The number of halogens is 3. The number of pyridine rings is 1. The molecule has 1 aromatic heterocycles. The number of carbonyl (C=O) groups excluding carboxylic acids is 1. The van der Waals surface area contributed by atoms with Crippen molar-refractivity contribution in [3.05, 3.63) is 102 Å². The van der Waals surface area contributed by atoms with Crippen LogP contribution in [0.15, 0.2) is 85.0 Å². The van der Waals surface area contributed by atoms with Gasteiger partial charge in [0, 0.05) is 16.7 Å². The summed E-state index contributed by atoms with van der Waals surface area (Å²) in [4.78, 5) is 16.8. The molecule has 162 valence electrons. The Balaban J connectivity index is 1.78. The van der Waals surface area contributed by atoms with Gasteiger partial charge < -0.3 is 5.73 Å². The molecule has 6 heteroatoms. The molecule has 1 saturated carbocycles. The number of fused-ring (bicyclic) bond motifs is 1. The first-order valence-electron chi connectivity index (χ1n) is 10.5. The Kier molecular flexibility index (Phi) is 4.52. The number of hydrogen-bond acceptors (Lipinski definition) is 2. The largest absolute Gasteiger partial charge is 0.399 e. The summed E-state index contributed by atoms with van der Waals surface area (Å²) >= 11 is 0. The number of carbonyl (C=O) groups is 1. The minimum atomic E-state index is -4.55. The SMILES string of the molecule is NC(=O)c1cc(C2C=CC=CC2(C(F)(F)F)C2(c3ccccc3)CC2)nc2ccccc12. The predicted molar refractivity (Wildman–Crippen MR) is 117 cm³/mol. The lowest BCUT2D eigenvalue weighted by Crippen LogP contribution is -2.51. The van der Waals surface area contributed by atoms with E-state index in [1.54, 1.807) is 66.7 Å². The van der Waals surface area contributed by atoms with E-state index in [1.165, 1.54) is 18.2 Å². The van der Waals surface area contributed by atoms with E-state index in [4.69, 9.17) is 5.73 Å². The summed E-state index contributed by atoms with van der Waals surface area (Å²) in [6, 6.07) is 17.2. The molecular formula is C26H21F3N2O. The lowest BCUT2D eigenvalue weighted by molar-refractivity contribution is -0.223. The fourth-order valence-electron chi connectivity index (χ4n) is 5.35. The monoisotopic (exact) mass is 434 g/mol. The summed E-state index contributed by atoms with van der Waals surface area (Å²) < 4.78 is 45.4. The summed E-state index contributed by atoms with van der Waals surface area (Å²) in [5.74, 6) is -1.79. The Labute approximate surface area is 183 Å². The molecule has 2 aromatic carbocycles. The Bertz CT molecular complexity index is 1260. The molecule has 2 unspecified atom stereocenters. The molecule has 2 atom stereocenters. The quantitative estimate of drug-likeness (QED) is 0.562. The van der Waals surface area contributed by atoms with E-state index >= 15 is 13.2 Å². The number of nitrogens with two attached hydrogens (primary N) is 1. The van der Waals surface area contributed by atoms with Crippen molar-refractivity contribution in [3.8, 4) is 0 Å². The Morgan fingerprint density at radius 3 is 2.34 bits per heavy atom. The molecule has 2 aliphatic rings. The number of aromatic nitrogens is 1. The van der Waals surface area contributed by atoms with E-state index in [0.717, 1.165) is 0 Å². The standard InChI is InChI=1S/C26H21F3N2O/c27-26(28,29)25(24(14-15-24)17-8-2-1-3-9-17)13-7-6-11-20(25)22-16-19(23(30)32)18-10-4-5-12-21(18)31-22/h1-13,16,20H,14-15H2,(H2,30,32). The number of amides is 1. The van der Waals surface area contributed by atoms with Crippen LogP contribution in [0.2, 0.25) is 0 Å².